The van der Waals surface area contributed by atoms with Gasteiger partial charge in [-0.1, -0.05) is 0 Å². The van der Waals surface area contributed by atoms with Crippen LogP contribution in [0.15, 0.2) is 18.2 Å². The molecule has 134 valence electrons. The summed E-state index contributed by atoms with van der Waals surface area (Å²) in [7, 11) is 0. The van der Waals surface area contributed by atoms with E-state index in [-0.39, 0.29) is 29.6 Å². The van der Waals surface area contributed by atoms with Crippen LogP contribution in [-0.2, 0) is 4.79 Å². The molecule has 1 amide bonds. The Balaban J connectivity index is 1.86. The van der Waals surface area contributed by atoms with Gasteiger partial charge in [-0.2, -0.15) is 0 Å². The molecule has 0 aliphatic carbocycles. The Kier molecular flexibility index (Phi) is 4.87. The predicted molar refractivity (Wildman–Crippen MR) is 90.9 cm³/mol. The van der Waals surface area contributed by atoms with Crippen molar-refractivity contribution in [3.05, 3.63) is 33.9 Å². The molecule has 0 spiro atoms. The molecule has 1 aromatic carbocycles. The number of carboxylic acid groups (broad SMARTS) is 1. The van der Waals surface area contributed by atoms with Crippen LogP contribution in [0.1, 0.15) is 42.5 Å². The van der Waals surface area contributed by atoms with E-state index >= 15 is 0 Å². The lowest BCUT2D eigenvalue weighted by Crippen LogP contribution is -2.36. The summed E-state index contributed by atoms with van der Waals surface area (Å²) in [5, 5.41) is 20.4. The molecule has 1 aromatic rings. The summed E-state index contributed by atoms with van der Waals surface area (Å²) in [5.41, 5.74) is 0.719. The number of carbonyl (C=O) groups excluding carboxylic acids is 1. The summed E-state index contributed by atoms with van der Waals surface area (Å²) in [5.74, 6) is -1.28. The Morgan fingerprint density at radius 1 is 1.20 bits per heavy atom. The van der Waals surface area contributed by atoms with Crippen LogP contribution in [0.5, 0.6) is 0 Å². The SMILES string of the molecule is O=C(O)CC1CCCN1C(=O)c1ccc(N2CCCC2)c([N+](=O)[O-])c1. The second-order valence-electron chi connectivity index (χ2n) is 6.55. The van der Waals surface area contributed by atoms with E-state index in [1.54, 1.807) is 12.1 Å². The van der Waals surface area contributed by atoms with E-state index in [0.717, 1.165) is 32.4 Å². The number of nitrogens with zero attached hydrogens (tertiary/aromatic N) is 3. The molecule has 1 atom stereocenters. The summed E-state index contributed by atoms with van der Waals surface area (Å²) in [6.45, 7) is 2.04. The second kappa shape index (κ2) is 7.08. The van der Waals surface area contributed by atoms with Crippen molar-refractivity contribution in [1.82, 2.24) is 4.90 Å². The molecule has 2 aliphatic rings. The third-order valence-electron chi connectivity index (χ3n) is 4.91. The Morgan fingerprint density at radius 2 is 1.92 bits per heavy atom. The van der Waals surface area contributed by atoms with Gasteiger partial charge in [0.2, 0.25) is 0 Å². The van der Waals surface area contributed by atoms with Gasteiger partial charge in [-0.3, -0.25) is 19.7 Å². The van der Waals surface area contributed by atoms with Crippen molar-refractivity contribution in [2.24, 2.45) is 0 Å². The molecule has 25 heavy (non-hydrogen) atoms. The van der Waals surface area contributed by atoms with Crippen LogP contribution in [0.25, 0.3) is 0 Å². The predicted octanol–water partition coefficient (Wildman–Crippen LogP) is 2.27. The van der Waals surface area contributed by atoms with E-state index in [4.69, 9.17) is 5.11 Å². The molecule has 3 rings (SSSR count). The van der Waals surface area contributed by atoms with E-state index in [9.17, 15) is 19.7 Å². The summed E-state index contributed by atoms with van der Waals surface area (Å²) < 4.78 is 0. The van der Waals surface area contributed by atoms with E-state index in [2.05, 4.69) is 0 Å². The number of aliphatic carboxylic acids is 1. The lowest BCUT2D eigenvalue weighted by atomic mass is 10.1. The van der Waals surface area contributed by atoms with Crippen molar-refractivity contribution >= 4 is 23.3 Å². The summed E-state index contributed by atoms with van der Waals surface area (Å²) in [6, 6.07) is 4.23. The highest BCUT2D eigenvalue weighted by atomic mass is 16.6. The molecule has 2 aliphatic heterocycles. The fourth-order valence-electron chi connectivity index (χ4n) is 3.71. The van der Waals surface area contributed by atoms with Crippen LogP contribution in [-0.4, -0.2) is 52.5 Å². The first-order chi connectivity index (χ1) is 12.0. The van der Waals surface area contributed by atoms with Gasteiger partial charge in [-0.25, -0.2) is 0 Å². The number of likely N-dealkylation sites (tertiary alicyclic amines) is 1. The van der Waals surface area contributed by atoms with Crippen molar-refractivity contribution in [3.63, 3.8) is 0 Å². The van der Waals surface area contributed by atoms with E-state index < -0.39 is 10.9 Å². The number of benzene rings is 1. The Hall–Kier alpha value is -2.64. The Labute approximate surface area is 145 Å². The molecule has 2 saturated heterocycles. The average molecular weight is 347 g/mol. The highest BCUT2D eigenvalue weighted by Gasteiger charge is 2.32. The quantitative estimate of drug-likeness (QED) is 0.647. The average Bonchev–Trinajstić information content (AvgIpc) is 3.24. The van der Waals surface area contributed by atoms with Gasteiger partial charge in [0.25, 0.3) is 11.6 Å². The normalized spacial score (nSPS) is 20.1. The van der Waals surface area contributed by atoms with Gasteiger partial charge >= 0.3 is 5.97 Å². The fourth-order valence-corrected chi connectivity index (χ4v) is 3.71. The van der Waals surface area contributed by atoms with E-state index in [0.29, 0.717) is 18.7 Å². The van der Waals surface area contributed by atoms with Gasteiger partial charge < -0.3 is 14.9 Å². The van der Waals surface area contributed by atoms with Crippen LogP contribution in [0.4, 0.5) is 11.4 Å². The van der Waals surface area contributed by atoms with E-state index in [1.165, 1.54) is 11.0 Å². The number of carbonyl (C=O) groups is 2. The van der Waals surface area contributed by atoms with Gasteiger partial charge in [-0.15, -0.1) is 0 Å². The fraction of sp³-hybridized carbons (Fsp3) is 0.529. The minimum absolute atomic E-state index is 0.0678. The highest BCUT2D eigenvalue weighted by Crippen LogP contribution is 2.33. The molecular weight excluding hydrogens is 326 g/mol. The molecule has 8 heteroatoms. The molecular formula is C17H21N3O5. The summed E-state index contributed by atoms with van der Waals surface area (Å²) in [6.07, 6.45) is 3.30. The third kappa shape index (κ3) is 3.57. The zero-order valence-electron chi connectivity index (χ0n) is 13.9. The van der Waals surface area contributed by atoms with Crippen molar-refractivity contribution in [2.45, 2.75) is 38.1 Å². The standard InChI is InChI=1S/C17H21N3O5/c21-16(22)11-13-4-3-9-19(13)17(23)12-5-6-14(15(10-12)20(24)25)18-7-1-2-8-18/h5-6,10,13H,1-4,7-9,11H2,(H,21,22). The molecule has 8 nitrogen and oxygen atoms in total. The smallest absolute Gasteiger partial charge is 0.305 e. The van der Waals surface area contributed by atoms with Crippen molar-refractivity contribution in [1.29, 1.82) is 0 Å². The topological polar surface area (TPSA) is 104 Å². The first kappa shape index (κ1) is 17.2. The Morgan fingerprint density at radius 3 is 2.56 bits per heavy atom. The highest BCUT2D eigenvalue weighted by molar-refractivity contribution is 5.96. The molecule has 0 aromatic heterocycles. The van der Waals surface area contributed by atoms with Gasteiger partial charge in [0, 0.05) is 37.3 Å². The van der Waals surface area contributed by atoms with Crippen molar-refractivity contribution < 1.29 is 19.6 Å². The van der Waals surface area contributed by atoms with Crippen LogP contribution >= 0.6 is 0 Å². The largest absolute Gasteiger partial charge is 0.481 e. The van der Waals surface area contributed by atoms with Gasteiger partial charge in [-0.05, 0) is 37.8 Å². The maximum atomic E-state index is 12.7. The van der Waals surface area contributed by atoms with Gasteiger partial charge in [0.15, 0.2) is 0 Å². The molecule has 1 unspecified atom stereocenters. The molecule has 0 bridgehead atoms. The number of nitro groups is 1. The van der Waals surface area contributed by atoms with Crippen LogP contribution in [0.3, 0.4) is 0 Å². The molecule has 1 N–H and O–H groups in total. The van der Waals surface area contributed by atoms with Crippen molar-refractivity contribution in [2.75, 3.05) is 24.5 Å². The lowest BCUT2D eigenvalue weighted by molar-refractivity contribution is -0.384. The first-order valence-corrected chi connectivity index (χ1v) is 8.53. The number of carboxylic acids is 1. The summed E-state index contributed by atoms with van der Waals surface area (Å²) >= 11 is 0. The zero-order chi connectivity index (χ0) is 18.0. The molecule has 2 heterocycles. The number of anilines is 1. The van der Waals surface area contributed by atoms with Crippen molar-refractivity contribution in [3.8, 4) is 0 Å². The zero-order valence-corrected chi connectivity index (χ0v) is 13.9. The number of rotatable bonds is 5. The van der Waals surface area contributed by atoms with Gasteiger partial charge in [0.05, 0.1) is 11.3 Å². The number of hydrogen-bond acceptors (Lipinski definition) is 5. The first-order valence-electron chi connectivity index (χ1n) is 8.53. The molecule has 0 radical (unpaired) electrons. The third-order valence-corrected chi connectivity index (χ3v) is 4.91. The van der Waals surface area contributed by atoms with Crippen LogP contribution < -0.4 is 4.90 Å². The lowest BCUT2D eigenvalue weighted by Gasteiger charge is -2.24. The molecule has 0 saturated carbocycles. The van der Waals surface area contributed by atoms with E-state index in [1.807, 2.05) is 4.90 Å². The maximum Gasteiger partial charge on any atom is 0.305 e. The summed E-state index contributed by atoms with van der Waals surface area (Å²) in [4.78, 5) is 38.2. The minimum atomic E-state index is -0.944. The number of amides is 1. The van der Waals surface area contributed by atoms with Crippen LogP contribution in [0.2, 0.25) is 0 Å². The molecule has 2 fully saturated rings. The number of hydrogen-bond donors (Lipinski definition) is 1. The Bertz CT molecular complexity index is 700. The second-order valence-corrected chi connectivity index (χ2v) is 6.55. The van der Waals surface area contributed by atoms with Crippen LogP contribution in [0, 0.1) is 10.1 Å². The van der Waals surface area contributed by atoms with Gasteiger partial charge in [0.1, 0.15) is 5.69 Å². The minimum Gasteiger partial charge on any atom is -0.481 e. The monoisotopic (exact) mass is 347 g/mol. The number of nitro benzene ring substituents is 1. The maximum absolute atomic E-state index is 12.7.